The molecule has 2 aliphatic rings. The number of carbonyl (C=O) groups excluding carboxylic acids is 1. The van der Waals surface area contributed by atoms with Gasteiger partial charge in [0.15, 0.2) is 0 Å². The van der Waals surface area contributed by atoms with Crippen LogP contribution in [-0.2, 0) is 4.79 Å². The molecule has 0 unspecified atom stereocenters. The van der Waals surface area contributed by atoms with Gasteiger partial charge >= 0.3 is 0 Å². The van der Waals surface area contributed by atoms with Crippen LogP contribution < -0.4 is 10.2 Å². The molecule has 1 heterocycles. The van der Waals surface area contributed by atoms with E-state index in [-0.39, 0.29) is 5.91 Å². The molecule has 0 aromatic heterocycles. The summed E-state index contributed by atoms with van der Waals surface area (Å²) in [6.45, 7) is 5.92. The van der Waals surface area contributed by atoms with Crippen LogP contribution in [0.4, 0.5) is 11.4 Å². The highest BCUT2D eigenvalue weighted by atomic mass is 16.2. The molecule has 0 spiro atoms. The van der Waals surface area contributed by atoms with E-state index < -0.39 is 0 Å². The van der Waals surface area contributed by atoms with Crippen molar-refractivity contribution in [2.75, 3.05) is 36.4 Å². The number of likely N-dealkylation sites (N-methyl/N-ethyl adjacent to an activating group) is 1. The zero-order valence-corrected chi connectivity index (χ0v) is 15.0. The molecular formula is C20H31N3O. The van der Waals surface area contributed by atoms with E-state index in [1.54, 1.807) is 0 Å². The molecule has 1 aliphatic carbocycles. The van der Waals surface area contributed by atoms with Crippen molar-refractivity contribution >= 4 is 17.3 Å². The molecule has 1 aliphatic heterocycles. The number of nitrogens with zero attached hydrogens (tertiary/aromatic N) is 2. The van der Waals surface area contributed by atoms with Gasteiger partial charge in [0.25, 0.3) is 0 Å². The Labute approximate surface area is 146 Å². The largest absolute Gasteiger partial charge is 0.372 e. The highest BCUT2D eigenvalue weighted by molar-refractivity contribution is 5.92. The summed E-state index contributed by atoms with van der Waals surface area (Å²) in [5.41, 5.74) is 2.17. The van der Waals surface area contributed by atoms with Gasteiger partial charge in [-0.2, -0.15) is 0 Å². The molecule has 0 atom stereocenters. The van der Waals surface area contributed by atoms with Gasteiger partial charge in [0, 0.05) is 30.5 Å². The molecule has 0 radical (unpaired) electrons. The number of nitrogens with one attached hydrogen (secondary N) is 1. The number of hydrogen-bond donors (Lipinski definition) is 1. The molecule has 4 nitrogen and oxygen atoms in total. The van der Waals surface area contributed by atoms with Crippen LogP contribution in [0.2, 0.25) is 0 Å². The second-order valence-electron chi connectivity index (χ2n) is 7.14. The zero-order valence-electron chi connectivity index (χ0n) is 15.0. The number of anilines is 2. The first-order chi connectivity index (χ1) is 11.8. The Balaban J connectivity index is 1.51. The van der Waals surface area contributed by atoms with Gasteiger partial charge in [0.1, 0.15) is 0 Å². The van der Waals surface area contributed by atoms with Gasteiger partial charge in [-0.3, -0.25) is 9.69 Å². The minimum Gasteiger partial charge on any atom is -0.372 e. The van der Waals surface area contributed by atoms with E-state index in [0.29, 0.717) is 12.6 Å². The van der Waals surface area contributed by atoms with Crippen molar-refractivity contribution in [2.45, 2.75) is 57.9 Å². The van der Waals surface area contributed by atoms with Crippen LogP contribution in [0.25, 0.3) is 0 Å². The Hall–Kier alpha value is -1.55. The molecule has 1 aromatic rings. The summed E-state index contributed by atoms with van der Waals surface area (Å²) >= 11 is 0. The maximum Gasteiger partial charge on any atom is 0.238 e. The van der Waals surface area contributed by atoms with Crippen molar-refractivity contribution in [3.63, 3.8) is 0 Å². The first-order valence-electron chi connectivity index (χ1n) is 9.65. The van der Waals surface area contributed by atoms with Crippen LogP contribution in [0.3, 0.4) is 0 Å². The molecule has 0 bridgehead atoms. The number of benzene rings is 1. The third-order valence-corrected chi connectivity index (χ3v) is 5.47. The SMILES string of the molecule is CCN(CC(=O)Nc1ccc(N2CCCC2)cc1)C1CCCCC1. The van der Waals surface area contributed by atoms with Crippen molar-refractivity contribution in [2.24, 2.45) is 0 Å². The molecule has 1 saturated heterocycles. The zero-order chi connectivity index (χ0) is 16.8. The fourth-order valence-electron chi connectivity index (χ4n) is 4.06. The van der Waals surface area contributed by atoms with Crippen molar-refractivity contribution in [3.8, 4) is 0 Å². The summed E-state index contributed by atoms with van der Waals surface area (Å²) < 4.78 is 0. The van der Waals surface area contributed by atoms with Crippen molar-refractivity contribution in [3.05, 3.63) is 24.3 Å². The van der Waals surface area contributed by atoms with Crippen LogP contribution >= 0.6 is 0 Å². The maximum atomic E-state index is 12.4. The Bertz CT molecular complexity index is 516. The Morgan fingerprint density at radius 2 is 1.75 bits per heavy atom. The number of amides is 1. The van der Waals surface area contributed by atoms with Crippen LogP contribution in [0.15, 0.2) is 24.3 Å². The number of hydrogen-bond acceptors (Lipinski definition) is 3. The summed E-state index contributed by atoms with van der Waals surface area (Å²) in [5.74, 6) is 0.108. The first kappa shape index (κ1) is 17.3. The molecule has 3 rings (SSSR count). The van der Waals surface area contributed by atoms with E-state index in [1.165, 1.54) is 50.6 Å². The minimum atomic E-state index is 0.108. The average molecular weight is 329 g/mol. The lowest BCUT2D eigenvalue weighted by atomic mass is 9.94. The van der Waals surface area contributed by atoms with Gasteiger partial charge in [-0.05, 0) is 56.5 Å². The smallest absolute Gasteiger partial charge is 0.238 e. The summed E-state index contributed by atoms with van der Waals surface area (Å²) in [6.07, 6.45) is 9.02. The molecular weight excluding hydrogens is 298 g/mol. The molecule has 4 heteroatoms. The maximum absolute atomic E-state index is 12.4. The Morgan fingerprint density at radius 3 is 2.38 bits per heavy atom. The summed E-state index contributed by atoms with van der Waals surface area (Å²) in [7, 11) is 0. The van der Waals surface area contributed by atoms with Crippen LogP contribution in [0, 0.1) is 0 Å². The van der Waals surface area contributed by atoms with E-state index in [2.05, 4.69) is 34.2 Å². The lowest BCUT2D eigenvalue weighted by molar-refractivity contribution is -0.118. The van der Waals surface area contributed by atoms with Gasteiger partial charge in [-0.1, -0.05) is 26.2 Å². The number of rotatable bonds is 6. The Kier molecular flexibility index (Phi) is 6.13. The number of carbonyl (C=O) groups is 1. The third kappa shape index (κ3) is 4.50. The topological polar surface area (TPSA) is 35.6 Å². The molecule has 24 heavy (non-hydrogen) atoms. The minimum absolute atomic E-state index is 0.108. The fraction of sp³-hybridized carbons (Fsp3) is 0.650. The van der Waals surface area contributed by atoms with E-state index in [9.17, 15) is 4.79 Å². The van der Waals surface area contributed by atoms with Crippen molar-refractivity contribution < 1.29 is 4.79 Å². The predicted octanol–water partition coefficient (Wildman–Crippen LogP) is 3.88. The van der Waals surface area contributed by atoms with E-state index in [1.807, 2.05) is 12.1 Å². The highest BCUT2D eigenvalue weighted by Gasteiger charge is 2.21. The average Bonchev–Trinajstić information content (AvgIpc) is 3.16. The van der Waals surface area contributed by atoms with Crippen molar-refractivity contribution in [1.29, 1.82) is 0 Å². The summed E-state index contributed by atoms with van der Waals surface area (Å²) in [6, 6.07) is 8.90. The first-order valence-corrected chi connectivity index (χ1v) is 9.65. The molecule has 1 saturated carbocycles. The van der Waals surface area contributed by atoms with E-state index in [4.69, 9.17) is 0 Å². The molecule has 1 amide bonds. The van der Waals surface area contributed by atoms with E-state index in [0.717, 1.165) is 25.3 Å². The standard InChI is InChI=1S/C20H31N3O/c1-2-22(18-8-4-3-5-9-18)16-20(24)21-17-10-12-19(13-11-17)23-14-6-7-15-23/h10-13,18H,2-9,14-16H2,1H3,(H,21,24). The van der Waals surface area contributed by atoms with Gasteiger partial charge in [0.05, 0.1) is 6.54 Å². The van der Waals surface area contributed by atoms with Gasteiger partial charge in [-0.25, -0.2) is 0 Å². The highest BCUT2D eigenvalue weighted by Crippen LogP contribution is 2.23. The second-order valence-corrected chi connectivity index (χ2v) is 7.14. The third-order valence-electron chi connectivity index (χ3n) is 5.47. The van der Waals surface area contributed by atoms with Crippen molar-refractivity contribution in [1.82, 2.24) is 4.90 Å². The summed E-state index contributed by atoms with van der Waals surface area (Å²) in [4.78, 5) is 17.2. The van der Waals surface area contributed by atoms with E-state index >= 15 is 0 Å². The van der Waals surface area contributed by atoms with Crippen LogP contribution in [0.5, 0.6) is 0 Å². The lowest BCUT2D eigenvalue weighted by Crippen LogP contribution is -2.41. The Morgan fingerprint density at radius 1 is 1.08 bits per heavy atom. The molecule has 1 N–H and O–H groups in total. The quantitative estimate of drug-likeness (QED) is 0.860. The van der Waals surface area contributed by atoms with Crippen LogP contribution in [0.1, 0.15) is 51.9 Å². The fourth-order valence-corrected chi connectivity index (χ4v) is 4.06. The monoisotopic (exact) mass is 329 g/mol. The van der Waals surface area contributed by atoms with Gasteiger partial charge in [0.2, 0.25) is 5.91 Å². The molecule has 132 valence electrons. The normalized spacial score (nSPS) is 19.0. The van der Waals surface area contributed by atoms with Gasteiger partial charge < -0.3 is 10.2 Å². The predicted molar refractivity (Wildman–Crippen MR) is 101 cm³/mol. The summed E-state index contributed by atoms with van der Waals surface area (Å²) in [5, 5.41) is 3.06. The lowest BCUT2D eigenvalue weighted by Gasteiger charge is -2.32. The van der Waals surface area contributed by atoms with Gasteiger partial charge in [-0.15, -0.1) is 0 Å². The second kappa shape index (κ2) is 8.52. The van der Waals surface area contributed by atoms with Crippen LogP contribution in [-0.4, -0.2) is 43.0 Å². The molecule has 1 aromatic carbocycles. The molecule has 2 fully saturated rings.